The van der Waals surface area contributed by atoms with Gasteiger partial charge in [-0.1, -0.05) is 37.6 Å². The van der Waals surface area contributed by atoms with E-state index in [1.807, 2.05) is 20.8 Å². The number of para-hydroxylation sites is 1. The number of halogens is 1. The highest BCUT2D eigenvalue weighted by atomic mass is 35.5. The van der Waals surface area contributed by atoms with Crippen molar-refractivity contribution in [3.63, 3.8) is 0 Å². The highest BCUT2D eigenvalue weighted by molar-refractivity contribution is 8.02. The van der Waals surface area contributed by atoms with Crippen LogP contribution in [0.1, 0.15) is 47.0 Å². The van der Waals surface area contributed by atoms with Gasteiger partial charge in [-0.15, -0.1) is 11.8 Å². The third-order valence-corrected chi connectivity index (χ3v) is 9.80. The molecule has 3 fully saturated rings. The van der Waals surface area contributed by atoms with Crippen LogP contribution < -0.4 is 5.32 Å². The first-order valence-electron chi connectivity index (χ1n) is 11.9. The number of likely N-dealkylation sites (tertiary alicyclic amines) is 1. The second-order valence-electron chi connectivity index (χ2n) is 10.2. The summed E-state index contributed by atoms with van der Waals surface area (Å²) >= 11 is 7.89. The van der Waals surface area contributed by atoms with Crippen LogP contribution in [-0.2, 0) is 19.1 Å². The molecule has 3 heterocycles. The Bertz CT molecular complexity index is 990. The average Bonchev–Trinajstić information content (AvgIpc) is 3.34. The molecule has 2 bridgehead atoms. The smallest absolute Gasteiger partial charge is 0.311 e. The number of ether oxygens (including phenoxy) is 1. The van der Waals surface area contributed by atoms with E-state index in [-0.39, 0.29) is 36.9 Å². The minimum Gasteiger partial charge on any atom is -0.466 e. The van der Waals surface area contributed by atoms with Crippen LogP contribution in [0.5, 0.6) is 0 Å². The molecular weight excluding hydrogens is 476 g/mol. The molecule has 3 aliphatic rings. The van der Waals surface area contributed by atoms with Crippen molar-refractivity contribution in [2.24, 2.45) is 17.8 Å². The Hall–Kier alpha value is -1.77. The lowest BCUT2D eigenvalue weighted by Crippen LogP contribution is -2.55. The van der Waals surface area contributed by atoms with E-state index >= 15 is 0 Å². The number of fused-ring (bicyclic) bond motifs is 1. The van der Waals surface area contributed by atoms with Gasteiger partial charge in [-0.05, 0) is 51.2 Å². The Kier molecular flexibility index (Phi) is 6.97. The van der Waals surface area contributed by atoms with Crippen LogP contribution in [0.25, 0.3) is 0 Å². The Morgan fingerprint density at radius 2 is 2.03 bits per heavy atom. The van der Waals surface area contributed by atoms with Crippen molar-refractivity contribution in [3.05, 3.63) is 29.3 Å². The topological polar surface area (TPSA) is 95.9 Å². The van der Waals surface area contributed by atoms with Crippen LogP contribution in [0.4, 0.5) is 5.69 Å². The molecule has 7 nitrogen and oxygen atoms in total. The van der Waals surface area contributed by atoms with E-state index in [4.69, 9.17) is 16.3 Å². The third-order valence-electron chi connectivity index (χ3n) is 7.48. The molecule has 3 saturated heterocycles. The van der Waals surface area contributed by atoms with Crippen LogP contribution in [0.3, 0.4) is 0 Å². The van der Waals surface area contributed by atoms with Gasteiger partial charge in [0, 0.05) is 4.75 Å². The van der Waals surface area contributed by atoms with E-state index in [2.05, 4.69) is 5.32 Å². The summed E-state index contributed by atoms with van der Waals surface area (Å²) in [5.74, 6) is -2.05. The molecule has 4 rings (SSSR count). The molecule has 1 spiro atoms. The maximum atomic E-state index is 14.0. The van der Waals surface area contributed by atoms with Crippen molar-refractivity contribution in [2.45, 2.75) is 68.5 Å². The van der Waals surface area contributed by atoms with Crippen molar-refractivity contribution in [1.29, 1.82) is 0 Å². The number of carbonyl (C=O) groups is 3. The number of aliphatic hydroxyl groups is 1. The number of amides is 2. The number of hydrogen-bond donors (Lipinski definition) is 2. The van der Waals surface area contributed by atoms with Crippen LogP contribution >= 0.6 is 23.4 Å². The Labute approximate surface area is 209 Å². The number of hydrogen-bond acceptors (Lipinski definition) is 6. The van der Waals surface area contributed by atoms with Crippen LogP contribution in [0.2, 0.25) is 5.02 Å². The first-order valence-corrected chi connectivity index (χ1v) is 13.1. The minimum atomic E-state index is -0.830. The van der Waals surface area contributed by atoms with Crippen molar-refractivity contribution in [1.82, 2.24) is 4.90 Å². The van der Waals surface area contributed by atoms with E-state index in [1.165, 1.54) is 0 Å². The molecule has 9 heteroatoms. The number of nitrogens with zero attached hydrogens (tertiary/aromatic N) is 1. The molecule has 1 aromatic rings. The zero-order valence-electron chi connectivity index (χ0n) is 20.0. The summed E-state index contributed by atoms with van der Waals surface area (Å²) in [5.41, 5.74) is 0.469. The SMILES string of the molecule is CCOC(=O)[C@H]1[C@H]2C(=O)N([C@@H](CO)CC(C)C)C(C(=O)Nc3ccccc3Cl)C23CC[C@]1(C)S3. The summed E-state index contributed by atoms with van der Waals surface area (Å²) in [4.78, 5) is 42.6. The maximum absolute atomic E-state index is 14.0. The summed E-state index contributed by atoms with van der Waals surface area (Å²) in [7, 11) is 0. The summed E-state index contributed by atoms with van der Waals surface area (Å²) in [5, 5.41) is 13.6. The van der Waals surface area contributed by atoms with Gasteiger partial charge in [0.2, 0.25) is 11.8 Å². The van der Waals surface area contributed by atoms with Gasteiger partial charge in [0.1, 0.15) is 6.04 Å². The first kappa shape index (κ1) is 25.3. The van der Waals surface area contributed by atoms with Crippen molar-refractivity contribution in [3.8, 4) is 0 Å². The molecular formula is C25H33ClN2O5S. The number of anilines is 1. The summed E-state index contributed by atoms with van der Waals surface area (Å²) < 4.78 is 4.16. The monoisotopic (exact) mass is 508 g/mol. The van der Waals surface area contributed by atoms with Crippen molar-refractivity contribution in [2.75, 3.05) is 18.5 Å². The second kappa shape index (κ2) is 9.36. The molecule has 0 aromatic heterocycles. The number of benzene rings is 1. The number of thioether (sulfide) groups is 1. The van der Waals surface area contributed by atoms with E-state index in [0.717, 1.165) is 0 Å². The largest absolute Gasteiger partial charge is 0.466 e. The third kappa shape index (κ3) is 3.91. The van der Waals surface area contributed by atoms with Gasteiger partial charge < -0.3 is 20.1 Å². The molecule has 186 valence electrons. The van der Waals surface area contributed by atoms with E-state index in [1.54, 1.807) is 47.9 Å². The van der Waals surface area contributed by atoms with Crippen LogP contribution in [0, 0.1) is 17.8 Å². The Morgan fingerprint density at radius 1 is 1.32 bits per heavy atom. The Balaban J connectivity index is 1.79. The zero-order chi connectivity index (χ0) is 24.8. The fourth-order valence-electron chi connectivity index (χ4n) is 6.23. The lowest BCUT2D eigenvalue weighted by molar-refractivity contribution is -0.155. The van der Waals surface area contributed by atoms with Crippen LogP contribution in [-0.4, -0.2) is 62.6 Å². The summed E-state index contributed by atoms with van der Waals surface area (Å²) in [6.45, 7) is 7.77. The van der Waals surface area contributed by atoms with Gasteiger partial charge in [-0.2, -0.15) is 0 Å². The minimum absolute atomic E-state index is 0.206. The number of carbonyl (C=O) groups excluding carboxylic acids is 3. The lowest BCUT2D eigenvalue weighted by atomic mass is 9.66. The maximum Gasteiger partial charge on any atom is 0.311 e. The van der Waals surface area contributed by atoms with Gasteiger partial charge in [0.05, 0.1) is 46.5 Å². The quantitative estimate of drug-likeness (QED) is 0.519. The predicted octanol–water partition coefficient (Wildman–Crippen LogP) is 3.73. The zero-order valence-corrected chi connectivity index (χ0v) is 21.6. The van der Waals surface area contributed by atoms with E-state index in [9.17, 15) is 19.5 Å². The van der Waals surface area contributed by atoms with Gasteiger partial charge >= 0.3 is 5.97 Å². The first-order chi connectivity index (χ1) is 16.1. The molecule has 2 amide bonds. The molecule has 0 aliphatic carbocycles. The predicted molar refractivity (Wildman–Crippen MR) is 133 cm³/mol. The standard InChI is InChI=1S/C25H33ClN2O5S/c1-5-33-23(32)19-18-22(31)28(15(13-29)12-14(2)3)20(25(18)11-10-24(19,4)34-25)21(30)27-17-9-7-6-8-16(17)26/h6-9,14-15,18-20,29H,5,10-13H2,1-4H3,(H,27,30)/t15-,18+,19-,20?,24+,25?/m1/s1. The second-order valence-corrected chi connectivity index (χ2v) is 12.5. The van der Waals surface area contributed by atoms with Gasteiger partial charge in [0.15, 0.2) is 0 Å². The highest BCUT2D eigenvalue weighted by Crippen LogP contribution is 2.71. The normalized spacial score (nSPS) is 32.7. The average molecular weight is 509 g/mol. The van der Waals surface area contributed by atoms with Gasteiger partial charge in [-0.25, -0.2) is 0 Å². The van der Waals surface area contributed by atoms with Gasteiger partial charge in [0.25, 0.3) is 0 Å². The van der Waals surface area contributed by atoms with Gasteiger partial charge in [-0.3, -0.25) is 14.4 Å². The number of aliphatic hydroxyl groups excluding tert-OH is 1. The van der Waals surface area contributed by atoms with Crippen LogP contribution in [0.15, 0.2) is 24.3 Å². The Morgan fingerprint density at radius 3 is 2.65 bits per heavy atom. The number of esters is 1. The lowest BCUT2D eigenvalue weighted by Gasteiger charge is -2.37. The number of nitrogens with one attached hydrogen (secondary N) is 1. The summed E-state index contributed by atoms with van der Waals surface area (Å²) in [6, 6.07) is 5.62. The molecule has 6 atom stereocenters. The highest BCUT2D eigenvalue weighted by Gasteiger charge is 2.78. The fourth-order valence-corrected chi connectivity index (χ4v) is 8.74. The molecule has 0 radical (unpaired) electrons. The van der Waals surface area contributed by atoms with E-state index < -0.39 is 33.4 Å². The fraction of sp³-hybridized carbons (Fsp3) is 0.640. The molecule has 1 aromatic carbocycles. The molecule has 2 N–H and O–H groups in total. The number of rotatable bonds is 8. The summed E-state index contributed by atoms with van der Waals surface area (Å²) in [6.07, 6.45) is 1.90. The molecule has 3 aliphatic heterocycles. The molecule has 2 unspecified atom stereocenters. The van der Waals surface area contributed by atoms with Crippen molar-refractivity contribution < 1.29 is 24.2 Å². The molecule has 34 heavy (non-hydrogen) atoms. The van der Waals surface area contributed by atoms with Crippen molar-refractivity contribution >= 4 is 46.8 Å². The molecule has 0 saturated carbocycles. The van der Waals surface area contributed by atoms with E-state index in [0.29, 0.717) is 30.0 Å².